The van der Waals surface area contributed by atoms with Gasteiger partial charge in [0.25, 0.3) is 0 Å². The molecule has 0 saturated carbocycles. The predicted octanol–water partition coefficient (Wildman–Crippen LogP) is 6.75. The van der Waals surface area contributed by atoms with Crippen LogP contribution in [0.4, 0.5) is 0 Å². The second-order valence-electron chi connectivity index (χ2n) is 9.79. The number of aromatic nitrogens is 8. The molecule has 11 heteroatoms. The van der Waals surface area contributed by atoms with Crippen LogP contribution in [0, 0.1) is 0 Å². The van der Waals surface area contributed by atoms with E-state index < -0.39 is 0 Å². The Morgan fingerprint density at radius 3 is 0.860 bits per heavy atom. The number of rotatable bonds is 0. The molecule has 207 valence electrons. The van der Waals surface area contributed by atoms with E-state index in [1.54, 1.807) is 0 Å². The van der Waals surface area contributed by atoms with Crippen molar-refractivity contribution in [3.8, 4) is 45.6 Å². The Balaban J connectivity index is 0.000000981. The fourth-order valence-corrected chi connectivity index (χ4v) is 5.59. The van der Waals surface area contributed by atoms with Crippen molar-refractivity contribution in [1.29, 1.82) is 0 Å². The summed E-state index contributed by atoms with van der Waals surface area (Å²) in [5.74, 6) is 2.39. The van der Waals surface area contributed by atoms with Gasteiger partial charge in [0.2, 0.25) is 0 Å². The monoisotopic (exact) mass is 641 g/mol. The summed E-state index contributed by atoms with van der Waals surface area (Å²) in [5.41, 5.74) is 6.45. The van der Waals surface area contributed by atoms with Crippen LogP contribution >= 0.6 is 0 Å². The molecule has 4 aromatic carbocycles. The maximum atomic E-state index is 8.25. The van der Waals surface area contributed by atoms with E-state index in [0.29, 0.717) is 45.9 Å². The minimum atomic E-state index is 0. The second kappa shape index (κ2) is 10.8. The van der Waals surface area contributed by atoms with E-state index in [1.165, 1.54) is 0 Å². The van der Waals surface area contributed by atoms with Crippen molar-refractivity contribution >= 4 is 44.1 Å². The number of benzene rings is 4. The van der Waals surface area contributed by atoms with Gasteiger partial charge in [-0.2, -0.15) is 0 Å². The Kier molecular flexibility index (Phi) is 6.84. The Labute approximate surface area is 266 Å². The number of H-pyrrole nitrogens is 2. The number of nitrogens with zero attached hydrogens (tertiary/aromatic N) is 6. The molecule has 2 aliphatic rings. The number of hydrogen-bond acceptors (Lipinski definition) is 7. The van der Waals surface area contributed by atoms with Gasteiger partial charge in [0.05, 0.1) is 0 Å². The summed E-state index contributed by atoms with van der Waals surface area (Å²) in [4.78, 5) is 36.8. The Hall–Kier alpha value is -4.73. The number of hydrogen-bond donors (Lipinski definition) is 2. The van der Waals surface area contributed by atoms with Gasteiger partial charge in [-0.05, 0) is 0 Å². The van der Waals surface area contributed by atoms with Crippen LogP contribution in [0.25, 0.3) is 89.7 Å². The molecule has 0 amide bonds. The summed E-state index contributed by atoms with van der Waals surface area (Å²) >= 11 is 0.750. The molecular weight excluding hydrogens is 624 g/mol. The zero-order valence-electron chi connectivity index (χ0n) is 22.1. The topological polar surface area (TPSA) is 126 Å². The quantitative estimate of drug-likeness (QED) is 0.176. The van der Waals surface area contributed by atoms with Crippen molar-refractivity contribution in [2.45, 2.75) is 0 Å². The minimum absolute atomic E-state index is 0. The third kappa shape index (κ3) is 4.35. The van der Waals surface area contributed by atoms with Crippen LogP contribution in [0.5, 0.6) is 0 Å². The van der Waals surface area contributed by atoms with Crippen molar-refractivity contribution in [2.75, 3.05) is 0 Å². The number of fused-ring (bicyclic) bond motifs is 20. The van der Waals surface area contributed by atoms with Crippen molar-refractivity contribution in [3.63, 3.8) is 0 Å². The van der Waals surface area contributed by atoms with E-state index in [2.05, 4.69) is 9.97 Å². The first-order chi connectivity index (χ1) is 20.8. The van der Waals surface area contributed by atoms with E-state index in [0.717, 1.165) is 64.2 Å². The van der Waals surface area contributed by atoms with Crippen molar-refractivity contribution in [3.05, 3.63) is 97.1 Å². The molecule has 2 aliphatic heterocycles. The summed E-state index contributed by atoms with van der Waals surface area (Å²) in [5, 5.41) is 3.82. The molecule has 7 aromatic rings. The maximum Gasteiger partial charge on any atom is 0.164 e. The van der Waals surface area contributed by atoms with E-state index >= 15 is 0 Å². The van der Waals surface area contributed by atoms with Gasteiger partial charge in [0.15, 0.2) is 23.3 Å². The van der Waals surface area contributed by atoms with Gasteiger partial charge in [-0.15, -0.1) is 0 Å². The molecule has 3 aromatic heterocycles. The zero-order chi connectivity index (χ0) is 28.2. The van der Waals surface area contributed by atoms with Crippen LogP contribution in [0.1, 0.15) is 0 Å². The van der Waals surface area contributed by atoms with E-state index in [4.69, 9.17) is 33.2 Å². The Morgan fingerprint density at radius 1 is 0.372 bits per heavy atom. The van der Waals surface area contributed by atoms with Gasteiger partial charge < -0.3 is 9.97 Å². The van der Waals surface area contributed by atoms with Gasteiger partial charge >= 0.3 is 23.7 Å². The fraction of sp³-hybridized carbons (Fsp3) is 0. The average molecular weight is 642 g/mol. The van der Waals surface area contributed by atoms with E-state index in [1.807, 2.05) is 97.1 Å². The largest absolute Gasteiger partial charge is 0.324 e. The molecule has 0 aliphatic carbocycles. The zero-order valence-corrected chi connectivity index (χ0v) is 24.6. The molecule has 0 atom stereocenters. The molecule has 5 heterocycles. The molecule has 8 bridgehead atoms. The van der Waals surface area contributed by atoms with Crippen LogP contribution in [-0.4, -0.2) is 39.9 Å². The number of nitrogens with one attached hydrogen (secondary N) is 2. The van der Waals surface area contributed by atoms with Crippen LogP contribution in [0.2, 0.25) is 0 Å². The molecule has 0 spiro atoms. The van der Waals surface area contributed by atoms with Crippen LogP contribution in [-0.2, 0) is 40.8 Å². The molecule has 43 heavy (non-hydrogen) atoms. The van der Waals surface area contributed by atoms with Crippen LogP contribution in [0.3, 0.4) is 0 Å². The smallest absolute Gasteiger partial charge is 0.164 e. The standard InChI is InChI=1S/C32H18N8.Cu.O.Ti/c1-2-10-18-17(9-1)25-33-26(18)38-28-21-13-5-6-14-22(21)30(35-28)40-32-24-16-8-7-15-23(24)31(36-32)39-29-20-12-4-3-11-19(20)27(34-29)37-25;;;/h1-16H,(H2,33,34,35,36,37,38,39,40);;;. The third-order valence-corrected chi connectivity index (χ3v) is 7.46. The normalized spacial score (nSPS) is 11.2. The van der Waals surface area contributed by atoms with Gasteiger partial charge in [-0.3, -0.25) is 0 Å². The van der Waals surface area contributed by atoms with Crippen LogP contribution in [0.15, 0.2) is 97.1 Å². The summed E-state index contributed by atoms with van der Waals surface area (Å²) in [6, 6.07) is 32.2. The fourth-order valence-electron chi connectivity index (χ4n) is 5.59. The van der Waals surface area contributed by atoms with Gasteiger partial charge in [-0.25, -0.2) is 29.9 Å². The third-order valence-electron chi connectivity index (χ3n) is 7.46. The molecule has 0 fully saturated rings. The first kappa shape index (κ1) is 27.1. The van der Waals surface area contributed by atoms with E-state index in [9.17, 15) is 0 Å². The van der Waals surface area contributed by atoms with Crippen molar-refractivity contribution < 1.29 is 40.8 Å². The summed E-state index contributed by atoms with van der Waals surface area (Å²) in [7, 11) is 0. The Bertz CT molecular complexity index is 2070. The van der Waals surface area contributed by atoms with E-state index in [-0.39, 0.29) is 17.1 Å². The molecule has 0 saturated heterocycles. The predicted molar refractivity (Wildman–Crippen MR) is 157 cm³/mol. The minimum Gasteiger partial charge on any atom is -0.324 e. The maximum absolute atomic E-state index is 8.25. The molecule has 0 unspecified atom stereocenters. The molecule has 9 nitrogen and oxygen atoms in total. The second-order valence-corrected chi connectivity index (χ2v) is 9.79. The van der Waals surface area contributed by atoms with Crippen molar-refractivity contribution in [1.82, 2.24) is 39.9 Å². The first-order valence-electron chi connectivity index (χ1n) is 13.2. The van der Waals surface area contributed by atoms with Gasteiger partial charge in [-0.1, -0.05) is 97.1 Å². The summed E-state index contributed by atoms with van der Waals surface area (Å²) < 4.78 is 8.25. The SMILES string of the molecule is [Cu].[O]=[Ti].c1ccc2c(c1)-c1nc-2nc2[nH]c(nc3nc(nc4[nH]c(n1)c1ccccc41)-c1ccccc1-3)c1ccccc21. The first-order valence-corrected chi connectivity index (χ1v) is 13.8. The summed E-state index contributed by atoms with van der Waals surface area (Å²) in [6.45, 7) is 0. The summed E-state index contributed by atoms with van der Waals surface area (Å²) in [6.07, 6.45) is 0. The van der Waals surface area contributed by atoms with Crippen LogP contribution < -0.4 is 0 Å². The van der Waals surface area contributed by atoms with Crippen molar-refractivity contribution in [2.24, 2.45) is 0 Å². The van der Waals surface area contributed by atoms with Gasteiger partial charge in [0.1, 0.15) is 22.6 Å². The molecule has 2 N–H and O–H groups in total. The van der Waals surface area contributed by atoms with Gasteiger partial charge in [0, 0.05) is 60.9 Å². The average Bonchev–Trinajstić information content (AvgIpc) is 3.78. The Morgan fingerprint density at radius 2 is 0.605 bits per heavy atom. The molecular formula is C32H18CuN8OTi. The molecule has 1 radical (unpaired) electrons. The molecule has 9 rings (SSSR count). The number of aromatic amines is 2.